The summed E-state index contributed by atoms with van der Waals surface area (Å²) in [6.45, 7) is 1.98. The zero-order valence-electron chi connectivity index (χ0n) is 10.8. The lowest BCUT2D eigenvalue weighted by Crippen LogP contribution is -2.10. The minimum Gasteiger partial charge on any atom is -0.451 e. The van der Waals surface area contributed by atoms with Crippen molar-refractivity contribution in [2.75, 3.05) is 5.32 Å². The number of halogens is 1. The lowest BCUT2D eigenvalue weighted by molar-refractivity contribution is 0.0998. The van der Waals surface area contributed by atoms with Crippen LogP contribution in [0, 0.1) is 6.92 Å². The number of amides is 1. The van der Waals surface area contributed by atoms with E-state index in [2.05, 4.69) is 21.2 Å². The summed E-state index contributed by atoms with van der Waals surface area (Å²) in [4.78, 5) is 12.2. The van der Waals surface area contributed by atoms with Crippen LogP contribution in [0.4, 0.5) is 5.69 Å². The highest BCUT2D eigenvalue weighted by Crippen LogP contribution is 2.27. The van der Waals surface area contributed by atoms with Crippen molar-refractivity contribution in [3.05, 3.63) is 64.3 Å². The van der Waals surface area contributed by atoms with Crippen molar-refractivity contribution in [1.82, 2.24) is 0 Å². The second-order valence-electron chi connectivity index (χ2n) is 4.59. The normalized spacial score (nSPS) is 10.7. The number of benzene rings is 2. The van der Waals surface area contributed by atoms with Gasteiger partial charge in [-0.1, -0.05) is 34.1 Å². The van der Waals surface area contributed by atoms with E-state index in [0.717, 1.165) is 21.1 Å². The number of fused-ring (bicyclic) bond motifs is 1. The Hall–Kier alpha value is -2.07. The quantitative estimate of drug-likeness (QED) is 0.736. The van der Waals surface area contributed by atoms with Crippen molar-refractivity contribution in [2.45, 2.75) is 6.92 Å². The van der Waals surface area contributed by atoms with Crippen LogP contribution in [-0.4, -0.2) is 5.91 Å². The zero-order valence-corrected chi connectivity index (χ0v) is 12.4. The van der Waals surface area contributed by atoms with Gasteiger partial charge in [0, 0.05) is 15.5 Å². The molecular weight excluding hydrogens is 318 g/mol. The molecular formula is C16H12BrNO2. The first-order chi connectivity index (χ1) is 9.63. The van der Waals surface area contributed by atoms with Gasteiger partial charge in [0.15, 0.2) is 5.76 Å². The molecule has 0 atom stereocenters. The lowest BCUT2D eigenvalue weighted by atomic mass is 10.2. The van der Waals surface area contributed by atoms with Crippen LogP contribution in [0.25, 0.3) is 11.0 Å². The predicted molar refractivity (Wildman–Crippen MR) is 83.0 cm³/mol. The Balaban J connectivity index is 1.91. The van der Waals surface area contributed by atoms with E-state index in [1.807, 2.05) is 49.4 Å². The molecule has 0 unspecified atom stereocenters. The number of aryl methyl sites for hydroxylation is 1. The molecule has 0 aliphatic rings. The van der Waals surface area contributed by atoms with Crippen molar-refractivity contribution < 1.29 is 9.21 Å². The lowest BCUT2D eigenvalue weighted by Gasteiger charge is -2.03. The van der Waals surface area contributed by atoms with Crippen LogP contribution >= 0.6 is 15.9 Å². The van der Waals surface area contributed by atoms with Gasteiger partial charge in [-0.15, -0.1) is 0 Å². The maximum Gasteiger partial charge on any atom is 0.291 e. The molecule has 0 aliphatic heterocycles. The molecule has 100 valence electrons. The molecule has 0 spiro atoms. The van der Waals surface area contributed by atoms with E-state index in [9.17, 15) is 4.79 Å². The molecule has 0 aliphatic carbocycles. The number of furan rings is 1. The average molecular weight is 330 g/mol. The molecule has 0 bridgehead atoms. The fourth-order valence-corrected chi connectivity index (χ4v) is 2.52. The summed E-state index contributed by atoms with van der Waals surface area (Å²) < 4.78 is 6.48. The standard InChI is InChI=1S/C16H12BrNO2/c1-10-4-2-5-11(8-10)18-16(19)15-9-12-13(17)6-3-7-14(12)20-15/h2-9H,1H3,(H,18,19). The summed E-state index contributed by atoms with van der Waals surface area (Å²) in [5.74, 6) is 0.0482. The summed E-state index contributed by atoms with van der Waals surface area (Å²) in [6, 6.07) is 15.0. The van der Waals surface area contributed by atoms with E-state index in [0.29, 0.717) is 11.3 Å². The summed E-state index contributed by atoms with van der Waals surface area (Å²) >= 11 is 3.44. The number of carbonyl (C=O) groups excluding carboxylic acids is 1. The molecule has 1 N–H and O–H groups in total. The number of hydrogen-bond donors (Lipinski definition) is 1. The van der Waals surface area contributed by atoms with Crippen molar-refractivity contribution >= 4 is 38.5 Å². The maximum absolute atomic E-state index is 12.2. The summed E-state index contributed by atoms with van der Waals surface area (Å²) in [5, 5.41) is 3.72. The summed E-state index contributed by atoms with van der Waals surface area (Å²) in [6.07, 6.45) is 0. The molecule has 0 saturated carbocycles. The summed E-state index contributed by atoms with van der Waals surface area (Å²) in [7, 11) is 0. The van der Waals surface area contributed by atoms with Crippen LogP contribution in [-0.2, 0) is 0 Å². The van der Waals surface area contributed by atoms with Gasteiger partial charge in [0.1, 0.15) is 5.58 Å². The van der Waals surface area contributed by atoms with Crippen LogP contribution in [0.5, 0.6) is 0 Å². The molecule has 1 amide bonds. The SMILES string of the molecule is Cc1cccc(NC(=O)c2cc3c(Br)cccc3o2)c1. The van der Waals surface area contributed by atoms with Crippen molar-refractivity contribution in [3.8, 4) is 0 Å². The number of anilines is 1. The molecule has 0 fully saturated rings. The van der Waals surface area contributed by atoms with E-state index in [1.54, 1.807) is 6.07 Å². The van der Waals surface area contributed by atoms with Crippen molar-refractivity contribution in [1.29, 1.82) is 0 Å². The van der Waals surface area contributed by atoms with E-state index in [-0.39, 0.29) is 5.91 Å². The minimum absolute atomic E-state index is 0.251. The predicted octanol–water partition coefficient (Wildman–Crippen LogP) is 4.76. The van der Waals surface area contributed by atoms with Crippen LogP contribution < -0.4 is 5.32 Å². The number of carbonyl (C=O) groups is 1. The van der Waals surface area contributed by atoms with Gasteiger partial charge in [-0.2, -0.15) is 0 Å². The number of rotatable bonds is 2. The Bertz CT molecular complexity index is 792. The van der Waals surface area contributed by atoms with Gasteiger partial charge in [-0.05, 0) is 42.8 Å². The Labute approximate surface area is 124 Å². The average Bonchev–Trinajstić information content (AvgIpc) is 2.84. The van der Waals surface area contributed by atoms with Crippen LogP contribution in [0.1, 0.15) is 16.1 Å². The highest BCUT2D eigenvalue weighted by molar-refractivity contribution is 9.10. The van der Waals surface area contributed by atoms with E-state index in [1.165, 1.54) is 0 Å². The Morgan fingerprint density at radius 1 is 1.15 bits per heavy atom. The fourth-order valence-electron chi connectivity index (χ4n) is 2.05. The maximum atomic E-state index is 12.2. The molecule has 2 aromatic carbocycles. The van der Waals surface area contributed by atoms with Gasteiger partial charge < -0.3 is 9.73 Å². The van der Waals surface area contributed by atoms with E-state index in [4.69, 9.17) is 4.42 Å². The first-order valence-corrected chi connectivity index (χ1v) is 6.99. The molecule has 3 aromatic rings. The molecule has 1 heterocycles. The Morgan fingerprint density at radius 2 is 1.95 bits per heavy atom. The van der Waals surface area contributed by atoms with Gasteiger partial charge in [0.2, 0.25) is 0 Å². The molecule has 0 saturated heterocycles. The van der Waals surface area contributed by atoms with Gasteiger partial charge in [0.05, 0.1) is 0 Å². The Kier molecular flexibility index (Phi) is 3.32. The van der Waals surface area contributed by atoms with Gasteiger partial charge in [0.25, 0.3) is 5.91 Å². The first kappa shape index (κ1) is 12.9. The second-order valence-corrected chi connectivity index (χ2v) is 5.44. The molecule has 1 aromatic heterocycles. The topological polar surface area (TPSA) is 42.2 Å². The second kappa shape index (κ2) is 5.13. The third kappa shape index (κ3) is 2.47. The zero-order chi connectivity index (χ0) is 14.1. The van der Waals surface area contributed by atoms with E-state index < -0.39 is 0 Å². The smallest absolute Gasteiger partial charge is 0.291 e. The van der Waals surface area contributed by atoms with Crippen LogP contribution in [0.2, 0.25) is 0 Å². The molecule has 3 nitrogen and oxygen atoms in total. The molecule has 4 heteroatoms. The third-order valence-electron chi connectivity index (χ3n) is 3.01. The Morgan fingerprint density at radius 3 is 2.70 bits per heavy atom. The van der Waals surface area contributed by atoms with E-state index >= 15 is 0 Å². The fraction of sp³-hybridized carbons (Fsp3) is 0.0625. The van der Waals surface area contributed by atoms with Crippen LogP contribution in [0.15, 0.2) is 57.4 Å². The van der Waals surface area contributed by atoms with Gasteiger partial charge >= 0.3 is 0 Å². The minimum atomic E-state index is -0.251. The highest BCUT2D eigenvalue weighted by Gasteiger charge is 2.13. The molecule has 20 heavy (non-hydrogen) atoms. The first-order valence-electron chi connectivity index (χ1n) is 6.19. The molecule has 0 radical (unpaired) electrons. The van der Waals surface area contributed by atoms with Crippen molar-refractivity contribution in [2.24, 2.45) is 0 Å². The number of hydrogen-bond acceptors (Lipinski definition) is 2. The van der Waals surface area contributed by atoms with Crippen molar-refractivity contribution in [3.63, 3.8) is 0 Å². The van der Waals surface area contributed by atoms with Gasteiger partial charge in [-0.3, -0.25) is 4.79 Å². The van der Waals surface area contributed by atoms with Crippen LogP contribution in [0.3, 0.4) is 0 Å². The highest BCUT2D eigenvalue weighted by atomic mass is 79.9. The summed E-state index contributed by atoms with van der Waals surface area (Å²) in [5.41, 5.74) is 2.54. The number of nitrogens with one attached hydrogen (secondary N) is 1. The monoisotopic (exact) mass is 329 g/mol. The molecule has 3 rings (SSSR count). The largest absolute Gasteiger partial charge is 0.451 e. The van der Waals surface area contributed by atoms with Gasteiger partial charge in [-0.25, -0.2) is 0 Å². The third-order valence-corrected chi connectivity index (χ3v) is 3.70.